The molecule has 2 N–H and O–H groups in total. The summed E-state index contributed by atoms with van der Waals surface area (Å²) < 4.78 is 44.6. The molecule has 0 bridgehead atoms. The van der Waals surface area contributed by atoms with E-state index in [1.165, 1.54) is 0 Å². The van der Waals surface area contributed by atoms with Crippen LogP contribution in [0.2, 0.25) is 0 Å². The third kappa shape index (κ3) is 9.74. The number of unbranched alkanes of at least 4 members (excludes halogenated alkanes) is 2. The summed E-state index contributed by atoms with van der Waals surface area (Å²) >= 11 is 6.90. The number of benzene rings is 1. The predicted octanol–water partition coefficient (Wildman–Crippen LogP) is 9.83. The number of allylic oxidation sites excluding steroid dienone is 9. The maximum Gasteiger partial charge on any atom is 0.303 e. The highest BCUT2D eigenvalue weighted by atomic mass is 127. The molecule has 0 aromatic heterocycles. The van der Waals surface area contributed by atoms with Gasteiger partial charge in [-0.2, -0.15) is 13.0 Å². The van der Waals surface area contributed by atoms with Crippen LogP contribution in [0.3, 0.4) is 0 Å². The van der Waals surface area contributed by atoms with Crippen LogP contribution >= 0.6 is 67.8 Å². The third-order valence-corrected chi connectivity index (χ3v) is 15.5. The Morgan fingerprint density at radius 3 is 2.17 bits per heavy atom. The molecule has 4 rings (SSSR count). The second-order valence-electron chi connectivity index (χ2n) is 15.9. The average molecular weight is 1090 g/mol. The van der Waals surface area contributed by atoms with Crippen molar-refractivity contribution in [2.45, 2.75) is 92.4 Å². The lowest BCUT2D eigenvalue weighted by molar-refractivity contribution is -0.437. The van der Waals surface area contributed by atoms with Crippen LogP contribution in [0.25, 0.3) is 10.3 Å². The quantitative estimate of drug-likeness (QED) is 0.0292. The van der Waals surface area contributed by atoms with Crippen LogP contribution in [0.4, 0.5) is 5.69 Å². The Morgan fingerprint density at radius 2 is 1.65 bits per heavy atom. The molecule has 0 saturated carbocycles. The summed E-state index contributed by atoms with van der Waals surface area (Å²) in [6.07, 6.45) is 9.79. The van der Waals surface area contributed by atoms with Crippen LogP contribution in [0.5, 0.6) is 0 Å². The van der Waals surface area contributed by atoms with Gasteiger partial charge >= 0.3 is 5.97 Å². The fraction of sp³-hybridized carbons (Fsp3) is 0.450. The number of aliphatic carboxylic acids is 1. The molecule has 3 aliphatic rings. The lowest BCUT2D eigenvalue weighted by Crippen LogP contribution is -2.34. The molecule has 0 radical (unpaired) electrons. The Bertz CT molecular complexity index is 2170. The molecule has 1 atom stereocenters. The van der Waals surface area contributed by atoms with Crippen molar-refractivity contribution < 1.29 is 37.0 Å². The minimum Gasteiger partial charge on any atom is -0.775 e. The highest BCUT2D eigenvalue weighted by molar-refractivity contribution is 14.1. The van der Waals surface area contributed by atoms with Gasteiger partial charge in [0.05, 0.1) is 23.3 Å². The van der Waals surface area contributed by atoms with Gasteiger partial charge in [-0.05, 0) is 111 Å². The molecular weight excluding hydrogens is 1050 g/mol. The van der Waals surface area contributed by atoms with Crippen LogP contribution in [0.15, 0.2) is 69.9 Å². The first-order valence-corrected chi connectivity index (χ1v) is 22.3. The van der Waals surface area contributed by atoms with Gasteiger partial charge in [0.25, 0.3) is 10.1 Å². The summed E-state index contributed by atoms with van der Waals surface area (Å²) in [7, 11) is -4.25. The standard InChI is InChI=1S/C40H44I3N3O7S/c1-38(2,3)30-18-23(19-31(53-30)39(4,5)6)17-24-33(27(22-44)45-8)25(37(24)49)20-29-40(7,14-11-9-10-13-32(47)48)34-28(21-26(41)35(42)36(34)43)46(29)15-12-16-54(50,51)52/h17-21H,9-16H2,1-7H3,(H,47,48)(H,50,51,52). The summed E-state index contributed by atoms with van der Waals surface area (Å²) in [4.78, 5) is 29.1. The molecule has 1 unspecified atom stereocenters. The van der Waals surface area contributed by atoms with Crippen LogP contribution in [0.1, 0.15) is 92.6 Å². The van der Waals surface area contributed by atoms with Crippen molar-refractivity contribution in [3.63, 3.8) is 0 Å². The first kappa shape index (κ1) is 44.3. The summed E-state index contributed by atoms with van der Waals surface area (Å²) in [6, 6.07) is 2.03. The van der Waals surface area contributed by atoms with Crippen molar-refractivity contribution in [1.82, 2.24) is 0 Å². The molecule has 1 aliphatic carbocycles. The first-order chi connectivity index (χ1) is 24.9. The predicted molar refractivity (Wildman–Crippen MR) is 236 cm³/mol. The largest absolute Gasteiger partial charge is 0.775 e. The van der Waals surface area contributed by atoms with E-state index in [9.17, 15) is 33.1 Å². The Kier molecular flexibility index (Phi) is 13.9. The van der Waals surface area contributed by atoms with Crippen molar-refractivity contribution in [3.05, 3.63) is 103 Å². The SMILES string of the molecule is [C-]#[N+]C(=C=[N-])C1=C(C=C2C=C(C(C)(C)C)OC(C(C)(C)C)=C2)C(=O)C1=CC1=[N+](CCCS(=O)(=O)O)c2cc(I)c(I)c(I)c2C1(C)CCCCCC(=O)O. The molecule has 10 nitrogen and oxygen atoms in total. The first-order valence-electron chi connectivity index (χ1n) is 17.4. The normalized spacial score (nSPS) is 19.5. The van der Waals surface area contributed by atoms with Crippen LogP contribution < -0.4 is 0 Å². The monoisotopic (exact) mass is 1090 g/mol. The highest BCUT2D eigenvalue weighted by Crippen LogP contribution is 2.50. The topological polar surface area (TPSA) is 148 Å². The van der Waals surface area contributed by atoms with Crippen molar-refractivity contribution in [2.24, 2.45) is 10.8 Å². The molecule has 2 aliphatic heterocycles. The van der Waals surface area contributed by atoms with Gasteiger partial charge in [-0.1, -0.05) is 54.4 Å². The molecule has 1 aromatic carbocycles. The second-order valence-corrected chi connectivity index (χ2v) is 20.7. The molecule has 0 saturated heterocycles. The van der Waals surface area contributed by atoms with Crippen molar-refractivity contribution >= 4 is 107 Å². The molecule has 0 amide bonds. The number of carboxylic acids is 1. The van der Waals surface area contributed by atoms with E-state index in [1.807, 2.05) is 70.2 Å². The van der Waals surface area contributed by atoms with Gasteiger partial charge in [0.1, 0.15) is 18.1 Å². The number of hydrogen-bond acceptors (Lipinski definition) is 5. The third-order valence-electron chi connectivity index (χ3n) is 9.56. The average Bonchev–Trinajstić information content (AvgIpc) is 3.28. The zero-order valence-corrected chi connectivity index (χ0v) is 38.7. The van der Waals surface area contributed by atoms with Gasteiger partial charge in [0.2, 0.25) is 11.4 Å². The zero-order valence-electron chi connectivity index (χ0n) is 31.4. The summed E-state index contributed by atoms with van der Waals surface area (Å²) in [5.74, 6) is 1.79. The van der Waals surface area contributed by atoms with E-state index in [2.05, 4.69) is 79.5 Å². The van der Waals surface area contributed by atoms with E-state index >= 15 is 0 Å². The number of halogens is 3. The van der Waals surface area contributed by atoms with Crippen LogP contribution in [-0.4, -0.2) is 58.3 Å². The number of Topliss-reactive ketones (excluding diaryl/α,β-unsaturated/α-hetero) is 1. The van der Waals surface area contributed by atoms with Gasteiger partial charge < -0.3 is 15.3 Å². The summed E-state index contributed by atoms with van der Waals surface area (Å²) in [5.41, 5.74) is 2.33. The number of nitrogens with zero attached hydrogens (tertiary/aromatic N) is 3. The summed E-state index contributed by atoms with van der Waals surface area (Å²) in [5, 5.41) is 19.4. The van der Waals surface area contributed by atoms with Gasteiger partial charge in [0, 0.05) is 63.2 Å². The number of fused-ring (bicyclic) bond motifs is 1. The Hall–Kier alpha value is -2.43. The van der Waals surface area contributed by atoms with Gasteiger partial charge in [0.15, 0.2) is 11.5 Å². The molecule has 288 valence electrons. The molecule has 0 spiro atoms. The van der Waals surface area contributed by atoms with E-state index in [1.54, 1.807) is 12.2 Å². The molecular formula is C40H44I3N3O7S. The highest BCUT2D eigenvalue weighted by Gasteiger charge is 2.51. The van der Waals surface area contributed by atoms with Gasteiger partial charge in [-0.15, -0.1) is 0 Å². The van der Waals surface area contributed by atoms with E-state index < -0.39 is 27.3 Å². The van der Waals surface area contributed by atoms with E-state index in [4.69, 9.17) is 11.3 Å². The van der Waals surface area contributed by atoms with Crippen LogP contribution in [-0.2, 0) is 29.9 Å². The Balaban J connectivity index is 2.00. The molecule has 0 fully saturated rings. The van der Waals surface area contributed by atoms with Crippen molar-refractivity contribution in [3.8, 4) is 0 Å². The number of carboxylic acid groups (broad SMARTS) is 1. The van der Waals surface area contributed by atoms with E-state index in [0.717, 1.165) is 33.5 Å². The van der Waals surface area contributed by atoms with Gasteiger partial charge in [-0.3, -0.25) is 20.0 Å². The second kappa shape index (κ2) is 17.0. The maximum absolute atomic E-state index is 14.3. The number of rotatable bonds is 13. The number of ether oxygens (including phenoxy) is 1. The number of ketones is 1. The fourth-order valence-corrected chi connectivity index (χ4v) is 9.88. The number of carbonyl (C=O) groups is 2. The Morgan fingerprint density at radius 1 is 1.04 bits per heavy atom. The lowest BCUT2D eigenvalue weighted by atomic mass is 9.72. The molecule has 2 heterocycles. The lowest BCUT2D eigenvalue weighted by Gasteiger charge is -2.33. The smallest absolute Gasteiger partial charge is 0.303 e. The number of carbonyl (C=O) groups excluding carboxylic acids is 1. The molecule has 14 heteroatoms. The van der Waals surface area contributed by atoms with E-state index in [-0.39, 0.29) is 58.4 Å². The fourth-order valence-electron chi connectivity index (χ4n) is 6.71. The number of hydrogen-bond donors (Lipinski definition) is 2. The Labute approximate surface area is 359 Å². The molecule has 1 aromatic rings. The minimum absolute atomic E-state index is 0.0542. The van der Waals surface area contributed by atoms with E-state index in [0.29, 0.717) is 37.0 Å². The molecule has 54 heavy (non-hydrogen) atoms. The minimum atomic E-state index is -4.25. The van der Waals surface area contributed by atoms with Crippen molar-refractivity contribution in [2.75, 3.05) is 12.3 Å². The maximum atomic E-state index is 14.3. The van der Waals surface area contributed by atoms with Crippen LogP contribution in [0, 0.1) is 28.1 Å². The zero-order chi connectivity index (χ0) is 40.6. The van der Waals surface area contributed by atoms with Crippen molar-refractivity contribution in [1.29, 1.82) is 0 Å². The summed E-state index contributed by atoms with van der Waals surface area (Å²) in [6.45, 7) is 22.4. The van der Waals surface area contributed by atoms with Gasteiger partial charge in [-0.25, -0.2) is 4.85 Å².